The molecule has 1 aromatic carbocycles. The van der Waals surface area contributed by atoms with Gasteiger partial charge in [0.1, 0.15) is 6.61 Å². The predicted molar refractivity (Wildman–Crippen MR) is 78.5 cm³/mol. The Balaban J connectivity index is 1.95. The Morgan fingerprint density at radius 3 is 2.48 bits per heavy atom. The maximum Gasteiger partial charge on any atom is 0.236 e. The number of benzene rings is 1. The standard InChI is InChI=1S/C17H17NO3/c1-11-9-15(7-6-12(11)3-2-8-19)18-16(20)13-4-5-14(10-13)17(18)21/h6-7,9,13-14,19H,4-5,8,10H2,1H3. The summed E-state index contributed by atoms with van der Waals surface area (Å²) in [6.45, 7) is 1.70. The van der Waals surface area contributed by atoms with Crippen LogP contribution in [0.4, 0.5) is 5.69 Å². The Morgan fingerprint density at radius 2 is 1.90 bits per heavy atom. The zero-order chi connectivity index (χ0) is 15.0. The Morgan fingerprint density at radius 1 is 1.24 bits per heavy atom. The molecule has 4 nitrogen and oxygen atoms in total. The number of hydrogen-bond donors (Lipinski definition) is 1. The SMILES string of the molecule is Cc1cc(N2C(=O)C3CCC(C3)C2=O)ccc1C#CCO. The molecule has 0 spiro atoms. The van der Waals surface area contributed by atoms with E-state index in [4.69, 9.17) is 5.11 Å². The van der Waals surface area contributed by atoms with Crippen molar-refractivity contribution in [2.75, 3.05) is 11.5 Å². The van der Waals surface area contributed by atoms with Gasteiger partial charge >= 0.3 is 0 Å². The molecular weight excluding hydrogens is 266 g/mol. The summed E-state index contributed by atoms with van der Waals surface area (Å²) in [5.41, 5.74) is 2.33. The highest BCUT2D eigenvalue weighted by molar-refractivity contribution is 6.18. The first-order chi connectivity index (χ1) is 10.1. The number of anilines is 1. The lowest BCUT2D eigenvalue weighted by molar-refractivity contribution is -0.132. The molecule has 2 amide bonds. The second-order valence-corrected chi connectivity index (χ2v) is 5.68. The third-order valence-corrected chi connectivity index (χ3v) is 4.34. The Bertz CT molecular complexity index is 646. The summed E-state index contributed by atoms with van der Waals surface area (Å²) in [7, 11) is 0. The van der Waals surface area contributed by atoms with Gasteiger partial charge in [-0.1, -0.05) is 11.8 Å². The van der Waals surface area contributed by atoms with E-state index in [9.17, 15) is 9.59 Å². The third kappa shape index (κ3) is 2.34. The van der Waals surface area contributed by atoms with Crippen LogP contribution < -0.4 is 4.90 Å². The molecule has 108 valence electrons. The molecule has 1 saturated carbocycles. The fraction of sp³-hybridized carbons (Fsp3) is 0.412. The normalized spacial score (nSPS) is 24.0. The van der Waals surface area contributed by atoms with Crippen LogP contribution in [0, 0.1) is 30.6 Å². The van der Waals surface area contributed by atoms with Crippen molar-refractivity contribution in [1.82, 2.24) is 0 Å². The van der Waals surface area contributed by atoms with Crippen LogP contribution in [0.25, 0.3) is 0 Å². The first-order valence-corrected chi connectivity index (χ1v) is 7.20. The molecule has 0 aromatic heterocycles. The van der Waals surface area contributed by atoms with Crippen molar-refractivity contribution in [3.05, 3.63) is 29.3 Å². The topological polar surface area (TPSA) is 57.6 Å². The number of carbonyl (C=O) groups excluding carboxylic acids is 2. The van der Waals surface area contributed by atoms with E-state index in [2.05, 4.69) is 11.8 Å². The van der Waals surface area contributed by atoms with Crippen molar-refractivity contribution in [3.63, 3.8) is 0 Å². The van der Waals surface area contributed by atoms with Crippen LogP contribution >= 0.6 is 0 Å². The van der Waals surface area contributed by atoms with Gasteiger partial charge in [-0.2, -0.15) is 0 Å². The molecule has 1 heterocycles. The maximum atomic E-state index is 12.4. The number of rotatable bonds is 1. The van der Waals surface area contributed by atoms with E-state index in [1.807, 2.05) is 13.0 Å². The predicted octanol–water partition coefficient (Wildman–Crippen LogP) is 1.63. The summed E-state index contributed by atoms with van der Waals surface area (Å²) in [4.78, 5) is 26.2. The van der Waals surface area contributed by atoms with Crippen LogP contribution in [0.2, 0.25) is 0 Å². The molecular formula is C17H17NO3. The molecule has 2 unspecified atom stereocenters. The molecule has 21 heavy (non-hydrogen) atoms. The quantitative estimate of drug-likeness (QED) is 0.629. The van der Waals surface area contributed by atoms with Crippen molar-refractivity contribution in [2.45, 2.75) is 26.2 Å². The molecule has 2 fully saturated rings. The molecule has 1 aliphatic carbocycles. The molecule has 1 aromatic rings. The maximum absolute atomic E-state index is 12.4. The van der Waals surface area contributed by atoms with Crippen LogP contribution in [-0.4, -0.2) is 23.5 Å². The number of hydrogen-bond acceptors (Lipinski definition) is 3. The van der Waals surface area contributed by atoms with Crippen molar-refractivity contribution in [2.24, 2.45) is 11.8 Å². The Labute approximate surface area is 123 Å². The van der Waals surface area contributed by atoms with Crippen molar-refractivity contribution in [1.29, 1.82) is 0 Å². The van der Waals surface area contributed by atoms with Gasteiger partial charge in [0.15, 0.2) is 0 Å². The summed E-state index contributed by atoms with van der Waals surface area (Å²) in [5, 5.41) is 8.74. The van der Waals surface area contributed by atoms with Crippen LogP contribution in [0.5, 0.6) is 0 Å². The smallest absolute Gasteiger partial charge is 0.236 e. The second kappa shape index (κ2) is 5.34. The van der Waals surface area contributed by atoms with Gasteiger partial charge in [-0.25, -0.2) is 0 Å². The minimum atomic E-state index is -0.187. The fourth-order valence-electron chi connectivity index (χ4n) is 3.22. The first-order valence-electron chi connectivity index (χ1n) is 7.20. The van der Waals surface area contributed by atoms with E-state index in [1.165, 1.54) is 4.90 Å². The monoisotopic (exact) mass is 283 g/mol. The third-order valence-electron chi connectivity index (χ3n) is 4.34. The lowest BCUT2D eigenvalue weighted by Crippen LogP contribution is -2.46. The average Bonchev–Trinajstić information content (AvgIpc) is 2.92. The van der Waals surface area contributed by atoms with Gasteiger partial charge in [-0.3, -0.25) is 14.5 Å². The van der Waals surface area contributed by atoms with Gasteiger partial charge in [-0.05, 0) is 49.9 Å². The minimum Gasteiger partial charge on any atom is -0.384 e. The molecule has 2 bridgehead atoms. The summed E-state index contributed by atoms with van der Waals surface area (Å²) in [5.74, 6) is 5.33. The molecule has 0 radical (unpaired) electrons. The molecule has 1 N–H and O–H groups in total. The number of carbonyl (C=O) groups is 2. The van der Waals surface area contributed by atoms with Crippen LogP contribution in [0.15, 0.2) is 18.2 Å². The fourth-order valence-corrected chi connectivity index (χ4v) is 3.22. The molecule has 1 aliphatic heterocycles. The Kier molecular flexibility index (Phi) is 3.52. The number of aliphatic hydroxyl groups is 1. The van der Waals surface area contributed by atoms with Crippen LogP contribution in [0.1, 0.15) is 30.4 Å². The van der Waals surface area contributed by atoms with E-state index in [-0.39, 0.29) is 30.3 Å². The van der Waals surface area contributed by atoms with Gasteiger partial charge in [0.25, 0.3) is 0 Å². The first kappa shape index (κ1) is 13.8. The second-order valence-electron chi connectivity index (χ2n) is 5.68. The van der Waals surface area contributed by atoms with Gasteiger partial charge in [0.05, 0.1) is 5.69 Å². The zero-order valence-electron chi connectivity index (χ0n) is 11.9. The van der Waals surface area contributed by atoms with Crippen LogP contribution in [-0.2, 0) is 9.59 Å². The lowest BCUT2D eigenvalue weighted by atomic mass is 9.96. The van der Waals surface area contributed by atoms with Crippen molar-refractivity contribution >= 4 is 17.5 Å². The highest BCUT2D eigenvalue weighted by atomic mass is 16.2. The van der Waals surface area contributed by atoms with Gasteiger partial charge < -0.3 is 5.11 Å². The molecule has 2 aliphatic rings. The largest absolute Gasteiger partial charge is 0.384 e. The molecule has 3 rings (SSSR count). The number of piperidine rings is 1. The van der Waals surface area contributed by atoms with E-state index in [0.717, 1.165) is 24.0 Å². The van der Waals surface area contributed by atoms with Crippen molar-refractivity contribution in [3.8, 4) is 11.8 Å². The average molecular weight is 283 g/mol. The highest BCUT2D eigenvalue weighted by Crippen LogP contribution is 2.40. The number of imide groups is 1. The zero-order valence-corrected chi connectivity index (χ0v) is 11.9. The molecule has 1 saturated heterocycles. The highest BCUT2D eigenvalue weighted by Gasteiger charge is 2.45. The molecule has 4 heteroatoms. The van der Waals surface area contributed by atoms with E-state index >= 15 is 0 Å². The summed E-state index contributed by atoms with van der Waals surface area (Å²) >= 11 is 0. The van der Waals surface area contributed by atoms with Gasteiger partial charge in [-0.15, -0.1) is 0 Å². The van der Waals surface area contributed by atoms with Crippen molar-refractivity contribution < 1.29 is 14.7 Å². The number of nitrogens with zero attached hydrogens (tertiary/aromatic N) is 1. The number of fused-ring (bicyclic) bond motifs is 2. The van der Waals surface area contributed by atoms with E-state index < -0.39 is 0 Å². The number of aryl methyl sites for hydroxylation is 1. The summed E-state index contributed by atoms with van der Waals surface area (Å²) in [6, 6.07) is 5.38. The Hall–Kier alpha value is -2.12. The number of aliphatic hydroxyl groups excluding tert-OH is 1. The summed E-state index contributed by atoms with van der Waals surface area (Å²) < 4.78 is 0. The van der Waals surface area contributed by atoms with Crippen LogP contribution in [0.3, 0.4) is 0 Å². The van der Waals surface area contributed by atoms with Gasteiger partial charge in [0, 0.05) is 17.4 Å². The number of amides is 2. The van der Waals surface area contributed by atoms with Gasteiger partial charge in [0.2, 0.25) is 11.8 Å². The van der Waals surface area contributed by atoms with E-state index in [0.29, 0.717) is 12.1 Å². The lowest BCUT2D eigenvalue weighted by Gasteiger charge is -2.30. The molecule has 2 atom stereocenters. The minimum absolute atomic E-state index is 0.00173. The summed E-state index contributed by atoms with van der Waals surface area (Å²) in [6.07, 6.45) is 2.36. The van der Waals surface area contributed by atoms with E-state index in [1.54, 1.807) is 12.1 Å².